The molecule has 4 unspecified atom stereocenters. The fourth-order valence-corrected chi connectivity index (χ4v) is 4.64. The van der Waals surface area contributed by atoms with Gasteiger partial charge in [0.1, 0.15) is 18.3 Å². The molecule has 1 heterocycles. The Labute approximate surface area is 214 Å². The molecule has 0 saturated carbocycles. The second kappa shape index (κ2) is 10.1. The van der Waals surface area contributed by atoms with E-state index in [4.69, 9.17) is 9.47 Å². The Hall–Kier alpha value is -3.88. The van der Waals surface area contributed by atoms with Crippen molar-refractivity contribution in [2.45, 2.75) is 49.6 Å². The number of amides is 1. The van der Waals surface area contributed by atoms with Crippen molar-refractivity contribution in [3.63, 3.8) is 0 Å². The number of rotatable bonds is 7. The summed E-state index contributed by atoms with van der Waals surface area (Å²) >= 11 is 0. The van der Waals surface area contributed by atoms with Gasteiger partial charge in [-0.3, -0.25) is 14.4 Å². The summed E-state index contributed by atoms with van der Waals surface area (Å²) in [4.78, 5) is 50.1. The number of carbonyl (C=O) groups excluding carboxylic acids is 3. The van der Waals surface area contributed by atoms with E-state index in [9.17, 15) is 49.8 Å². The number of fused-ring (bicyclic) bond motifs is 2. The Morgan fingerprint density at radius 1 is 1.11 bits per heavy atom. The van der Waals surface area contributed by atoms with Gasteiger partial charge in [0.05, 0.1) is 30.7 Å². The molecular weight excluding hydrogens is 506 g/mol. The number of aliphatic hydroxyl groups excluding tert-OH is 4. The average Bonchev–Trinajstić information content (AvgIpc) is 2.88. The van der Waals surface area contributed by atoms with E-state index in [2.05, 4.69) is 5.32 Å². The van der Waals surface area contributed by atoms with E-state index in [1.807, 2.05) is 0 Å². The molecule has 202 valence electrons. The summed E-state index contributed by atoms with van der Waals surface area (Å²) in [5.74, 6) is -8.00. The lowest BCUT2D eigenvalue weighted by Gasteiger charge is -2.46. The number of phenolic OH excluding ortho intramolecular Hbond substituents is 1. The first-order valence-electron chi connectivity index (χ1n) is 11.5. The van der Waals surface area contributed by atoms with Gasteiger partial charge in [0.15, 0.2) is 23.1 Å². The maximum absolute atomic E-state index is 13.1. The molecule has 13 heteroatoms. The van der Waals surface area contributed by atoms with Crippen molar-refractivity contribution in [2.24, 2.45) is 0 Å². The molecule has 1 saturated heterocycles. The summed E-state index contributed by atoms with van der Waals surface area (Å²) in [5.41, 5.74) is -0.416. The molecule has 6 atom stereocenters. The summed E-state index contributed by atoms with van der Waals surface area (Å²) in [7, 11) is 0. The molecule has 2 aromatic carbocycles. The zero-order chi connectivity index (χ0) is 27.9. The Morgan fingerprint density at radius 2 is 1.74 bits per heavy atom. The van der Waals surface area contributed by atoms with Crippen molar-refractivity contribution in [1.82, 2.24) is 5.32 Å². The molecule has 2 aliphatic rings. The highest BCUT2D eigenvalue weighted by molar-refractivity contribution is 6.29. The van der Waals surface area contributed by atoms with Crippen LogP contribution in [0, 0.1) is 0 Å². The number of ketones is 2. The number of carboxylic acids is 1. The number of benzene rings is 2. The average molecular weight is 531 g/mol. The Morgan fingerprint density at radius 3 is 2.32 bits per heavy atom. The van der Waals surface area contributed by atoms with Gasteiger partial charge in [-0.05, 0) is 12.1 Å². The number of nitrogens with one attached hydrogen (secondary N) is 1. The summed E-state index contributed by atoms with van der Waals surface area (Å²) in [6.07, 6.45) is -8.21. The van der Waals surface area contributed by atoms with Crippen LogP contribution in [-0.4, -0.2) is 96.9 Å². The second-order valence-electron chi connectivity index (χ2n) is 9.02. The number of hydrogen-bond acceptors (Lipinski definition) is 11. The van der Waals surface area contributed by atoms with Gasteiger partial charge in [-0.25, -0.2) is 4.79 Å². The molecule has 7 N–H and O–H groups in total. The molecule has 0 bridgehead atoms. The lowest BCUT2D eigenvalue weighted by molar-refractivity contribution is -0.284. The highest BCUT2D eigenvalue weighted by Crippen LogP contribution is 2.42. The third-order valence-electron chi connectivity index (χ3n) is 6.49. The van der Waals surface area contributed by atoms with E-state index in [0.717, 1.165) is 19.1 Å². The maximum atomic E-state index is 13.1. The van der Waals surface area contributed by atoms with Crippen LogP contribution in [0.15, 0.2) is 36.4 Å². The first kappa shape index (κ1) is 27.2. The van der Waals surface area contributed by atoms with E-state index < -0.39 is 89.8 Å². The highest BCUT2D eigenvalue weighted by atomic mass is 16.7. The zero-order valence-electron chi connectivity index (χ0n) is 19.9. The minimum Gasteiger partial charge on any atom is -0.504 e. The minimum atomic E-state index is -2.81. The third-order valence-corrected chi connectivity index (χ3v) is 6.49. The van der Waals surface area contributed by atoms with Gasteiger partial charge < -0.3 is 45.4 Å². The van der Waals surface area contributed by atoms with Crippen molar-refractivity contribution >= 4 is 23.4 Å². The molecule has 0 aromatic heterocycles. The SMILES string of the molecule is CC(=O)NC1C(O)CC(Oc2ccc3c(c2O)C(=O)c2ccccc2C3=O)(C(=O)O)OC1[C@H](O)[C@H](O)CO. The summed E-state index contributed by atoms with van der Waals surface area (Å²) in [6.45, 7) is 0.129. The van der Waals surface area contributed by atoms with E-state index in [-0.39, 0.29) is 16.7 Å². The lowest BCUT2D eigenvalue weighted by Crippen LogP contribution is -2.68. The van der Waals surface area contributed by atoms with Gasteiger partial charge in [-0.1, -0.05) is 24.3 Å². The predicted molar refractivity (Wildman–Crippen MR) is 125 cm³/mol. The highest BCUT2D eigenvalue weighted by Gasteiger charge is 2.57. The molecule has 13 nitrogen and oxygen atoms in total. The van der Waals surface area contributed by atoms with Crippen LogP contribution in [0.4, 0.5) is 0 Å². The monoisotopic (exact) mass is 531 g/mol. The molecule has 1 aliphatic heterocycles. The summed E-state index contributed by atoms with van der Waals surface area (Å²) in [6, 6.07) is 6.73. The van der Waals surface area contributed by atoms with Crippen molar-refractivity contribution in [3.8, 4) is 11.5 Å². The van der Waals surface area contributed by atoms with Crippen LogP contribution in [-0.2, 0) is 14.3 Å². The number of aliphatic carboxylic acids is 1. The van der Waals surface area contributed by atoms with Gasteiger partial charge in [0.25, 0.3) is 0 Å². The molecule has 1 fully saturated rings. The fourth-order valence-electron chi connectivity index (χ4n) is 4.64. The van der Waals surface area contributed by atoms with Crippen LogP contribution in [0.3, 0.4) is 0 Å². The number of carbonyl (C=O) groups is 4. The van der Waals surface area contributed by atoms with E-state index in [1.165, 1.54) is 18.2 Å². The minimum absolute atomic E-state index is 0.0223. The molecular formula is C25H25NO12. The van der Waals surface area contributed by atoms with Crippen molar-refractivity contribution in [1.29, 1.82) is 0 Å². The van der Waals surface area contributed by atoms with E-state index >= 15 is 0 Å². The van der Waals surface area contributed by atoms with Gasteiger partial charge in [-0.2, -0.15) is 0 Å². The molecule has 1 amide bonds. The topological polar surface area (TPSA) is 220 Å². The number of ether oxygens (including phenoxy) is 2. The molecule has 4 rings (SSSR count). The number of carboxylic acid groups (broad SMARTS) is 1. The maximum Gasteiger partial charge on any atom is 0.377 e. The van der Waals surface area contributed by atoms with Crippen LogP contribution >= 0.6 is 0 Å². The van der Waals surface area contributed by atoms with E-state index in [1.54, 1.807) is 6.07 Å². The van der Waals surface area contributed by atoms with Crippen molar-refractivity contribution in [2.75, 3.05) is 6.61 Å². The molecule has 38 heavy (non-hydrogen) atoms. The molecule has 2 aromatic rings. The van der Waals surface area contributed by atoms with Gasteiger partial charge in [0.2, 0.25) is 5.91 Å². The third kappa shape index (κ3) is 4.50. The number of aliphatic hydroxyl groups is 4. The number of aromatic hydroxyl groups is 1. The smallest absolute Gasteiger partial charge is 0.377 e. The second-order valence-corrected chi connectivity index (χ2v) is 9.02. The van der Waals surface area contributed by atoms with Crippen LogP contribution in [0.2, 0.25) is 0 Å². The van der Waals surface area contributed by atoms with Crippen LogP contribution in [0.5, 0.6) is 11.5 Å². The standard InChI is InChI=1S/C25H25NO12/c1-10(28)26-18-14(29)8-25(24(35)36,38-23(18)21(33)15(30)9-27)37-16-7-6-13-17(22(16)34)20(32)12-5-3-2-4-11(12)19(13)31/h2-7,14-15,18,21,23,27,29-30,33-34H,8-9H2,1H3,(H,26,28)(H,35,36)/t14?,15-,18?,21-,23?,25?/m1/s1. The summed E-state index contributed by atoms with van der Waals surface area (Å²) in [5, 5.41) is 63.7. The predicted octanol–water partition coefficient (Wildman–Crippen LogP) is -1.30. The van der Waals surface area contributed by atoms with Crippen molar-refractivity contribution in [3.05, 3.63) is 58.7 Å². The molecule has 0 spiro atoms. The quantitative estimate of drug-likeness (QED) is 0.189. The Kier molecular flexibility index (Phi) is 7.23. The first-order chi connectivity index (χ1) is 17.9. The van der Waals surface area contributed by atoms with Gasteiger partial charge in [0, 0.05) is 23.6 Å². The first-order valence-corrected chi connectivity index (χ1v) is 11.5. The van der Waals surface area contributed by atoms with Crippen molar-refractivity contribution < 1.29 is 59.3 Å². The number of phenols is 1. The normalized spacial score (nSPS) is 26.1. The fraction of sp³-hybridized carbons (Fsp3) is 0.360. The Bertz CT molecular complexity index is 1310. The lowest BCUT2D eigenvalue weighted by atomic mass is 9.83. The van der Waals surface area contributed by atoms with Gasteiger partial charge >= 0.3 is 11.8 Å². The van der Waals surface area contributed by atoms with Crippen LogP contribution in [0.25, 0.3) is 0 Å². The largest absolute Gasteiger partial charge is 0.504 e. The van der Waals surface area contributed by atoms with E-state index in [0.29, 0.717) is 0 Å². The van der Waals surface area contributed by atoms with Crippen LogP contribution < -0.4 is 10.1 Å². The van der Waals surface area contributed by atoms with Crippen LogP contribution in [0.1, 0.15) is 45.2 Å². The Balaban J connectivity index is 1.76. The molecule has 0 radical (unpaired) electrons. The van der Waals surface area contributed by atoms with Gasteiger partial charge in [-0.15, -0.1) is 0 Å². The summed E-state index contributed by atoms with van der Waals surface area (Å²) < 4.78 is 11.1. The number of hydrogen-bond donors (Lipinski definition) is 7. The zero-order valence-corrected chi connectivity index (χ0v) is 19.9. The molecule has 1 aliphatic carbocycles.